The van der Waals surface area contributed by atoms with Crippen molar-refractivity contribution < 1.29 is 0 Å². The van der Waals surface area contributed by atoms with Crippen LogP contribution in [0.2, 0.25) is 0 Å². The molecule has 0 unspecified atom stereocenters. The highest BCUT2D eigenvalue weighted by molar-refractivity contribution is 5.83. The van der Waals surface area contributed by atoms with Gasteiger partial charge in [0.2, 0.25) is 0 Å². The molecule has 1 saturated heterocycles. The number of nitrogens with zero attached hydrogens (tertiary/aromatic N) is 1. The lowest BCUT2D eigenvalue weighted by Crippen LogP contribution is -2.44. The van der Waals surface area contributed by atoms with Gasteiger partial charge >= 0.3 is 0 Å². The van der Waals surface area contributed by atoms with Crippen LogP contribution in [0.25, 0.3) is 10.9 Å². The number of piperazine rings is 1. The molecule has 1 aliphatic heterocycles. The monoisotopic (exact) mass is 241 g/mol. The summed E-state index contributed by atoms with van der Waals surface area (Å²) in [4.78, 5) is 5.84. The Morgan fingerprint density at radius 2 is 2.00 bits per heavy atom. The van der Waals surface area contributed by atoms with E-state index in [0.717, 1.165) is 26.2 Å². The first-order valence-corrected chi connectivity index (χ1v) is 6.53. The minimum atomic E-state index is 0.309. The average molecular weight is 241 g/mol. The van der Waals surface area contributed by atoms with E-state index in [9.17, 15) is 0 Å². The summed E-state index contributed by atoms with van der Waals surface area (Å²) in [5.41, 5.74) is 2.54. The zero-order valence-corrected chi connectivity index (χ0v) is 10.5. The second kappa shape index (κ2) is 4.96. The topological polar surface area (TPSA) is 31.1 Å². The van der Waals surface area contributed by atoms with Gasteiger partial charge in [0, 0.05) is 43.3 Å². The number of hydrogen-bond donors (Lipinski definition) is 2. The number of para-hydroxylation sites is 1. The van der Waals surface area contributed by atoms with Gasteiger partial charge in [0.1, 0.15) is 0 Å². The molecule has 3 rings (SSSR count). The standard InChI is InChI=1S/C15H19N3/c1-2-15(18-9-7-16-8-10-18)13-11-17-14-6-4-3-5-12(13)14/h2-6,11,15-17H,1,7-10H2/t15-/m0/s1. The minimum absolute atomic E-state index is 0.309. The van der Waals surface area contributed by atoms with E-state index in [0.29, 0.717) is 6.04 Å². The zero-order valence-electron chi connectivity index (χ0n) is 10.5. The van der Waals surface area contributed by atoms with E-state index in [1.54, 1.807) is 0 Å². The molecule has 1 aliphatic rings. The van der Waals surface area contributed by atoms with Crippen molar-refractivity contribution in [2.24, 2.45) is 0 Å². The van der Waals surface area contributed by atoms with Crippen molar-refractivity contribution in [1.82, 2.24) is 15.2 Å². The van der Waals surface area contributed by atoms with Crippen LogP contribution in [0.3, 0.4) is 0 Å². The van der Waals surface area contributed by atoms with Crippen LogP contribution in [0.15, 0.2) is 43.1 Å². The van der Waals surface area contributed by atoms with E-state index in [2.05, 4.69) is 58.3 Å². The van der Waals surface area contributed by atoms with Gasteiger partial charge in [0.15, 0.2) is 0 Å². The van der Waals surface area contributed by atoms with Crippen molar-refractivity contribution in [3.63, 3.8) is 0 Å². The Labute approximate surface area is 107 Å². The Hall–Kier alpha value is -1.58. The van der Waals surface area contributed by atoms with Crippen molar-refractivity contribution in [2.75, 3.05) is 26.2 Å². The number of hydrogen-bond acceptors (Lipinski definition) is 2. The molecular formula is C15H19N3. The van der Waals surface area contributed by atoms with Crippen LogP contribution in [-0.2, 0) is 0 Å². The third-order valence-electron chi connectivity index (χ3n) is 3.71. The molecule has 0 amide bonds. The van der Waals surface area contributed by atoms with Crippen molar-refractivity contribution in [1.29, 1.82) is 0 Å². The Morgan fingerprint density at radius 1 is 1.22 bits per heavy atom. The molecule has 94 valence electrons. The number of aromatic amines is 1. The van der Waals surface area contributed by atoms with Crippen LogP contribution in [-0.4, -0.2) is 36.1 Å². The fraction of sp³-hybridized carbons (Fsp3) is 0.333. The van der Waals surface area contributed by atoms with Gasteiger partial charge in [-0.05, 0) is 11.6 Å². The van der Waals surface area contributed by atoms with Gasteiger partial charge in [-0.2, -0.15) is 0 Å². The second-order valence-corrected chi connectivity index (χ2v) is 4.76. The molecule has 0 spiro atoms. The summed E-state index contributed by atoms with van der Waals surface area (Å²) in [5.74, 6) is 0. The second-order valence-electron chi connectivity index (χ2n) is 4.76. The van der Waals surface area contributed by atoms with Gasteiger partial charge in [-0.25, -0.2) is 0 Å². The summed E-state index contributed by atoms with van der Waals surface area (Å²) >= 11 is 0. The van der Waals surface area contributed by atoms with Crippen LogP contribution < -0.4 is 5.32 Å². The average Bonchev–Trinajstić information content (AvgIpc) is 2.85. The lowest BCUT2D eigenvalue weighted by atomic mass is 10.0. The summed E-state index contributed by atoms with van der Waals surface area (Å²) in [6.45, 7) is 8.31. The third-order valence-corrected chi connectivity index (χ3v) is 3.71. The Kier molecular flexibility index (Phi) is 3.17. The first-order valence-electron chi connectivity index (χ1n) is 6.53. The molecule has 0 radical (unpaired) electrons. The molecule has 2 N–H and O–H groups in total. The lowest BCUT2D eigenvalue weighted by molar-refractivity contribution is 0.204. The van der Waals surface area contributed by atoms with Crippen LogP contribution in [0.5, 0.6) is 0 Å². The predicted molar refractivity (Wildman–Crippen MR) is 75.7 cm³/mol. The maximum atomic E-state index is 4.02. The first-order chi connectivity index (χ1) is 8.90. The molecule has 0 aliphatic carbocycles. The van der Waals surface area contributed by atoms with Crippen molar-refractivity contribution in [2.45, 2.75) is 6.04 Å². The molecule has 3 heteroatoms. The molecule has 1 atom stereocenters. The molecule has 2 aromatic rings. The summed E-state index contributed by atoms with van der Waals surface area (Å²) in [5, 5.41) is 4.70. The fourth-order valence-corrected chi connectivity index (χ4v) is 2.77. The van der Waals surface area contributed by atoms with E-state index in [1.807, 2.05) is 0 Å². The molecular weight excluding hydrogens is 222 g/mol. The van der Waals surface area contributed by atoms with Crippen molar-refractivity contribution >= 4 is 10.9 Å². The maximum absolute atomic E-state index is 4.02. The van der Waals surface area contributed by atoms with Crippen LogP contribution in [0.4, 0.5) is 0 Å². The number of aromatic nitrogens is 1. The van der Waals surface area contributed by atoms with Gasteiger partial charge in [-0.3, -0.25) is 4.90 Å². The number of nitrogens with one attached hydrogen (secondary N) is 2. The van der Waals surface area contributed by atoms with Crippen molar-refractivity contribution in [3.05, 3.63) is 48.7 Å². The van der Waals surface area contributed by atoms with Gasteiger partial charge in [-0.15, -0.1) is 6.58 Å². The van der Waals surface area contributed by atoms with Crippen LogP contribution in [0.1, 0.15) is 11.6 Å². The van der Waals surface area contributed by atoms with Gasteiger partial charge in [-0.1, -0.05) is 24.3 Å². The quantitative estimate of drug-likeness (QED) is 0.808. The smallest absolute Gasteiger partial charge is 0.0551 e. The summed E-state index contributed by atoms with van der Waals surface area (Å²) in [6.07, 6.45) is 4.18. The Morgan fingerprint density at radius 3 is 2.78 bits per heavy atom. The number of benzene rings is 1. The van der Waals surface area contributed by atoms with Gasteiger partial charge < -0.3 is 10.3 Å². The summed E-state index contributed by atoms with van der Waals surface area (Å²) in [7, 11) is 0. The Bertz CT molecular complexity index is 537. The highest BCUT2D eigenvalue weighted by Gasteiger charge is 2.21. The lowest BCUT2D eigenvalue weighted by Gasteiger charge is -2.33. The summed E-state index contributed by atoms with van der Waals surface area (Å²) in [6, 6.07) is 8.77. The molecule has 3 nitrogen and oxygen atoms in total. The third kappa shape index (κ3) is 1.96. The van der Waals surface area contributed by atoms with E-state index in [4.69, 9.17) is 0 Å². The largest absolute Gasteiger partial charge is 0.361 e. The molecule has 1 aromatic heterocycles. The number of H-pyrrole nitrogens is 1. The molecule has 2 heterocycles. The molecule has 1 fully saturated rings. The van der Waals surface area contributed by atoms with Gasteiger partial charge in [0.05, 0.1) is 6.04 Å². The van der Waals surface area contributed by atoms with E-state index in [1.165, 1.54) is 16.5 Å². The Balaban J connectivity index is 1.97. The van der Waals surface area contributed by atoms with Crippen molar-refractivity contribution in [3.8, 4) is 0 Å². The molecule has 18 heavy (non-hydrogen) atoms. The van der Waals surface area contributed by atoms with E-state index < -0.39 is 0 Å². The minimum Gasteiger partial charge on any atom is -0.361 e. The fourth-order valence-electron chi connectivity index (χ4n) is 2.77. The highest BCUT2D eigenvalue weighted by Crippen LogP contribution is 2.29. The first kappa shape index (κ1) is 11.5. The molecule has 1 aromatic carbocycles. The SMILES string of the molecule is C=C[C@@H](c1c[nH]c2ccccc12)N1CCNCC1. The molecule has 0 saturated carbocycles. The van der Waals surface area contributed by atoms with Gasteiger partial charge in [0.25, 0.3) is 0 Å². The summed E-state index contributed by atoms with van der Waals surface area (Å²) < 4.78 is 0. The zero-order chi connectivity index (χ0) is 12.4. The molecule has 0 bridgehead atoms. The van der Waals surface area contributed by atoms with E-state index >= 15 is 0 Å². The highest BCUT2D eigenvalue weighted by atomic mass is 15.2. The predicted octanol–water partition coefficient (Wildman–Crippen LogP) is 2.30. The normalized spacial score (nSPS) is 18.9. The number of rotatable bonds is 3. The van der Waals surface area contributed by atoms with Crippen LogP contribution in [0, 0.1) is 0 Å². The maximum Gasteiger partial charge on any atom is 0.0551 e. The number of fused-ring (bicyclic) bond motifs is 1. The van der Waals surface area contributed by atoms with Crippen LogP contribution >= 0.6 is 0 Å². The van der Waals surface area contributed by atoms with E-state index in [-0.39, 0.29) is 0 Å².